The number of esters is 1. The van der Waals surface area contributed by atoms with E-state index in [1.165, 1.54) is 10.6 Å². The number of likely N-dealkylation sites (tertiary alicyclic amines) is 1. The van der Waals surface area contributed by atoms with Crippen LogP contribution in [0.5, 0.6) is 5.75 Å². The van der Waals surface area contributed by atoms with E-state index < -0.39 is 5.97 Å². The van der Waals surface area contributed by atoms with Crippen molar-refractivity contribution in [3.8, 4) is 5.75 Å². The molecule has 7 nitrogen and oxygen atoms in total. The van der Waals surface area contributed by atoms with Gasteiger partial charge in [0.2, 0.25) is 5.91 Å². The molecule has 182 valence electrons. The molecule has 0 N–H and O–H groups in total. The number of thiazole rings is 1. The predicted molar refractivity (Wildman–Crippen MR) is 136 cm³/mol. The lowest BCUT2D eigenvalue weighted by molar-refractivity contribution is -0.135. The summed E-state index contributed by atoms with van der Waals surface area (Å²) in [4.78, 5) is 40.0. The Morgan fingerprint density at radius 1 is 1.03 bits per heavy atom. The van der Waals surface area contributed by atoms with Crippen LogP contribution in [0.1, 0.15) is 30.9 Å². The van der Waals surface area contributed by atoms with Gasteiger partial charge in [-0.2, -0.15) is 0 Å². The summed E-state index contributed by atoms with van der Waals surface area (Å²) in [6.45, 7) is 3.62. The van der Waals surface area contributed by atoms with E-state index in [4.69, 9.17) is 9.47 Å². The van der Waals surface area contributed by atoms with Crippen LogP contribution in [0.25, 0.3) is 12.2 Å². The van der Waals surface area contributed by atoms with Crippen LogP contribution < -0.4 is 19.5 Å². The molecule has 0 unspecified atom stereocenters. The van der Waals surface area contributed by atoms with Gasteiger partial charge in [-0.15, -0.1) is 11.3 Å². The van der Waals surface area contributed by atoms with E-state index in [0.717, 1.165) is 35.3 Å². The van der Waals surface area contributed by atoms with E-state index >= 15 is 0 Å². The molecule has 1 aliphatic rings. The molecule has 0 bridgehead atoms. The highest BCUT2D eigenvalue weighted by molar-refractivity contribution is 7.07. The molecule has 0 atom stereocenters. The zero-order chi connectivity index (χ0) is 24.6. The Kier molecular flexibility index (Phi) is 8.15. The zero-order valence-corrected chi connectivity index (χ0v) is 20.5. The number of nitrogens with zero attached hydrogens (tertiary/aromatic N) is 2. The first kappa shape index (κ1) is 24.5. The van der Waals surface area contributed by atoms with Gasteiger partial charge in [0, 0.05) is 18.7 Å². The van der Waals surface area contributed by atoms with Gasteiger partial charge in [-0.25, -0.2) is 4.79 Å². The van der Waals surface area contributed by atoms with Gasteiger partial charge in [-0.1, -0.05) is 48.5 Å². The number of hydrogen-bond donors (Lipinski definition) is 0. The topological polar surface area (TPSA) is 77.8 Å². The molecule has 0 radical (unpaired) electrons. The summed E-state index contributed by atoms with van der Waals surface area (Å²) in [6.07, 6.45) is 4.95. The molecule has 1 aliphatic heterocycles. The lowest BCUT2D eigenvalue weighted by atomic mass is 10.2. The SMILES string of the molecule is CCOC(=O)/C=c1/s/c(=C\c2ccccc2OCc2ccccc2)c(=O)n1CC(=O)N1CCCC1. The largest absolute Gasteiger partial charge is 0.488 e. The maximum absolute atomic E-state index is 13.3. The van der Waals surface area contributed by atoms with Crippen LogP contribution in [0.15, 0.2) is 59.4 Å². The number of aromatic nitrogens is 1. The number of carbonyl (C=O) groups excluding carboxylic acids is 2. The first-order valence-electron chi connectivity index (χ1n) is 11.7. The smallest absolute Gasteiger partial charge is 0.333 e. The Morgan fingerprint density at radius 3 is 2.49 bits per heavy atom. The van der Waals surface area contributed by atoms with Crippen molar-refractivity contribution in [2.75, 3.05) is 19.7 Å². The molecule has 2 heterocycles. The van der Waals surface area contributed by atoms with Gasteiger partial charge in [0.05, 0.1) is 17.2 Å². The van der Waals surface area contributed by atoms with Crippen LogP contribution in [-0.2, 0) is 27.5 Å². The highest BCUT2D eigenvalue weighted by Gasteiger charge is 2.20. The molecule has 1 aromatic heterocycles. The lowest BCUT2D eigenvalue weighted by Crippen LogP contribution is -2.39. The summed E-state index contributed by atoms with van der Waals surface area (Å²) in [5.74, 6) is -0.0342. The molecule has 2 aromatic carbocycles. The molecule has 1 amide bonds. The monoisotopic (exact) mass is 492 g/mol. The number of ether oxygens (including phenoxy) is 2. The van der Waals surface area contributed by atoms with Gasteiger partial charge >= 0.3 is 5.97 Å². The third-order valence-electron chi connectivity index (χ3n) is 5.66. The van der Waals surface area contributed by atoms with Crippen LogP contribution in [-0.4, -0.2) is 41.0 Å². The first-order chi connectivity index (χ1) is 17.0. The van der Waals surface area contributed by atoms with Crippen LogP contribution >= 0.6 is 11.3 Å². The van der Waals surface area contributed by atoms with Crippen molar-refractivity contribution in [3.05, 3.63) is 85.3 Å². The minimum atomic E-state index is -0.547. The molecule has 3 aromatic rings. The third kappa shape index (κ3) is 6.27. The Hall–Kier alpha value is -3.65. The van der Waals surface area contributed by atoms with Crippen LogP contribution in [0.4, 0.5) is 0 Å². The average molecular weight is 493 g/mol. The summed E-state index contributed by atoms with van der Waals surface area (Å²) in [7, 11) is 0. The molecule has 35 heavy (non-hydrogen) atoms. The molecule has 1 fully saturated rings. The van der Waals surface area contributed by atoms with Crippen LogP contribution in [0, 0.1) is 0 Å². The van der Waals surface area contributed by atoms with E-state index in [1.54, 1.807) is 17.9 Å². The molecule has 1 saturated heterocycles. The second-order valence-electron chi connectivity index (χ2n) is 8.14. The molecule has 4 rings (SSSR count). The first-order valence-corrected chi connectivity index (χ1v) is 12.5. The van der Waals surface area contributed by atoms with E-state index in [1.807, 2.05) is 54.6 Å². The van der Waals surface area contributed by atoms with E-state index in [9.17, 15) is 14.4 Å². The van der Waals surface area contributed by atoms with Crippen molar-refractivity contribution < 1.29 is 19.1 Å². The number of benzene rings is 2. The van der Waals surface area contributed by atoms with Gasteiger partial charge < -0.3 is 14.4 Å². The van der Waals surface area contributed by atoms with E-state index in [-0.39, 0.29) is 24.6 Å². The van der Waals surface area contributed by atoms with Gasteiger partial charge in [0.25, 0.3) is 5.56 Å². The minimum Gasteiger partial charge on any atom is -0.488 e. The van der Waals surface area contributed by atoms with Crippen molar-refractivity contribution in [1.82, 2.24) is 9.47 Å². The molecule has 0 aliphatic carbocycles. The second kappa shape index (κ2) is 11.7. The van der Waals surface area contributed by atoms with Gasteiger partial charge in [-0.05, 0) is 37.5 Å². The molecular weight excluding hydrogens is 464 g/mol. The zero-order valence-electron chi connectivity index (χ0n) is 19.6. The van der Waals surface area contributed by atoms with Crippen molar-refractivity contribution in [2.45, 2.75) is 32.9 Å². The van der Waals surface area contributed by atoms with Gasteiger partial charge in [0.15, 0.2) is 0 Å². The number of amides is 1. The Bertz CT molecular complexity index is 1350. The van der Waals surface area contributed by atoms with Crippen molar-refractivity contribution in [3.63, 3.8) is 0 Å². The lowest BCUT2D eigenvalue weighted by Gasteiger charge is -2.15. The number of hydrogen-bond acceptors (Lipinski definition) is 6. The Labute approximate surface area is 207 Å². The fraction of sp³-hybridized carbons (Fsp3) is 0.296. The summed E-state index contributed by atoms with van der Waals surface area (Å²) in [5.41, 5.74) is 1.45. The van der Waals surface area contributed by atoms with Gasteiger partial charge in [-0.3, -0.25) is 14.2 Å². The average Bonchev–Trinajstić information content (AvgIpc) is 3.50. The van der Waals surface area contributed by atoms with Crippen molar-refractivity contribution in [1.29, 1.82) is 0 Å². The maximum atomic E-state index is 13.3. The summed E-state index contributed by atoms with van der Waals surface area (Å²) in [5, 5.41) is 0. The second-order valence-corrected chi connectivity index (χ2v) is 9.20. The quantitative estimate of drug-likeness (QED) is 0.451. The number of para-hydroxylation sites is 1. The third-order valence-corrected chi connectivity index (χ3v) is 6.72. The van der Waals surface area contributed by atoms with E-state index in [2.05, 4.69) is 0 Å². The maximum Gasteiger partial charge on any atom is 0.333 e. The Balaban J connectivity index is 1.70. The summed E-state index contributed by atoms with van der Waals surface area (Å²) >= 11 is 1.16. The number of rotatable bonds is 8. The summed E-state index contributed by atoms with van der Waals surface area (Å²) in [6, 6.07) is 17.3. The van der Waals surface area contributed by atoms with E-state index in [0.29, 0.717) is 34.6 Å². The highest BCUT2D eigenvalue weighted by atomic mass is 32.1. The molecule has 0 saturated carbocycles. The Morgan fingerprint density at radius 2 is 1.74 bits per heavy atom. The molecular formula is C27H28N2O5S. The predicted octanol–water partition coefficient (Wildman–Crippen LogP) is 2.28. The fourth-order valence-corrected chi connectivity index (χ4v) is 4.91. The minimum absolute atomic E-state index is 0.111. The normalized spacial score (nSPS) is 14.4. The molecule has 0 spiro atoms. The fourth-order valence-electron chi connectivity index (χ4n) is 3.89. The van der Waals surface area contributed by atoms with Crippen molar-refractivity contribution >= 4 is 35.4 Å². The molecule has 8 heteroatoms. The van der Waals surface area contributed by atoms with Crippen molar-refractivity contribution in [2.24, 2.45) is 0 Å². The standard InChI is InChI=1S/C27H28N2O5S/c1-2-33-26(31)17-25-29(18-24(30)28-14-8-9-15-28)27(32)23(35-25)16-21-12-6-7-13-22(21)34-19-20-10-4-3-5-11-20/h3-7,10-13,16-17H,2,8-9,14-15,18-19H2,1H3/b23-16-,25-17+. The van der Waals surface area contributed by atoms with Gasteiger partial charge in [0.1, 0.15) is 23.6 Å². The summed E-state index contributed by atoms with van der Waals surface area (Å²) < 4.78 is 13.2. The highest BCUT2D eigenvalue weighted by Crippen LogP contribution is 2.20. The number of carbonyl (C=O) groups is 2. The van der Waals surface area contributed by atoms with Crippen LogP contribution in [0.2, 0.25) is 0 Å². The van der Waals surface area contributed by atoms with Crippen LogP contribution in [0.3, 0.4) is 0 Å².